The Morgan fingerprint density at radius 2 is 1.69 bits per heavy atom. The smallest absolute Gasteiger partial charge is 0.254 e. The highest BCUT2D eigenvalue weighted by Gasteiger charge is 2.14. The average molecular weight is 386 g/mol. The Kier molecular flexibility index (Phi) is 5.47. The quantitative estimate of drug-likeness (QED) is 0.514. The molecule has 0 aliphatic rings. The predicted molar refractivity (Wildman–Crippen MR) is 110 cm³/mol. The van der Waals surface area contributed by atoms with E-state index in [4.69, 9.17) is 4.74 Å². The summed E-state index contributed by atoms with van der Waals surface area (Å²) >= 11 is 0. The van der Waals surface area contributed by atoms with Crippen LogP contribution in [0, 0.1) is 5.82 Å². The number of nitrogens with one attached hydrogen (secondary N) is 1. The molecule has 0 atom stereocenters. The molecule has 0 fully saturated rings. The van der Waals surface area contributed by atoms with Crippen LogP contribution in [0.2, 0.25) is 0 Å². The van der Waals surface area contributed by atoms with Crippen LogP contribution in [0.1, 0.15) is 21.5 Å². The van der Waals surface area contributed by atoms with E-state index in [0.717, 1.165) is 16.9 Å². The summed E-state index contributed by atoms with van der Waals surface area (Å²) < 4.78 is 20.4. The Balaban J connectivity index is 1.36. The minimum absolute atomic E-state index is 0.00770. The third kappa shape index (κ3) is 4.41. The van der Waals surface area contributed by atoms with Crippen LogP contribution in [0.4, 0.5) is 4.39 Å². The van der Waals surface area contributed by atoms with Gasteiger partial charge in [-0.1, -0.05) is 42.5 Å². The lowest BCUT2D eigenvalue weighted by Crippen LogP contribution is -2.23. The van der Waals surface area contributed by atoms with Crippen LogP contribution in [-0.4, -0.2) is 10.9 Å². The first-order valence-corrected chi connectivity index (χ1v) is 9.28. The number of hydrogen-bond donors (Lipinski definition) is 1. The van der Waals surface area contributed by atoms with Crippen molar-refractivity contribution >= 4 is 16.8 Å². The van der Waals surface area contributed by atoms with Crippen LogP contribution in [0.25, 0.3) is 10.9 Å². The molecular formula is C24H19FN2O2. The number of halogens is 1. The summed E-state index contributed by atoms with van der Waals surface area (Å²) in [5, 5.41) is 3.09. The van der Waals surface area contributed by atoms with Gasteiger partial charge in [0.05, 0.1) is 11.1 Å². The van der Waals surface area contributed by atoms with Gasteiger partial charge in [-0.2, -0.15) is 0 Å². The van der Waals surface area contributed by atoms with Gasteiger partial charge in [0.25, 0.3) is 5.91 Å². The fraction of sp³-hybridized carbons (Fsp3) is 0.0833. The molecule has 0 aliphatic heterocycles. The number of rotatable bonds is 6. The third-order valence-electron chi connectivity index (χ3n) is 4.59. The highest BCUT2D eigenvalue weighted by Crippen LogP contribution is 2.19. The topological polar surface area (TPSA) is 51.2 Å². The second kappa shape index (κ2) is 8.52. The van der Waals surface area contributed by atoms with Crippen LogP contribution >= 0.6 is 0 Å². The number of nitrogens with zero attached hydrogens (tertiary/aromatic N) is 1. The van der Waals surface area contributed by atoms with Crippen molar-refractivity contribution in [2.45, 2.75) is 13.2 Å². The molecule has 5 heteroatoms. The molecule has 4 rings (SSSR count). The van der Waals surface area contributed by atoms with Crippen molar-refractivity contribution in [3.63, 3.8) is 0 Å². The summed E-state index contributed by atoms with van der Waals surface area (Å²) in [4.78, 5) is 16.5. The van der Waals surface area contributed by atoms with E-state index in [1.165, 1.54) is 6.07 Å². The van der Waals surface area contributed by atoms with Gasteiger partial charge in [-0.25, -0.2) is 4.39 Å². The number of fused-ring (bicyclic) bond motifs is 1. The number of pyridine rings is 1. The average Bonchev–Trinajstić information content (AvgIpc) is 2.78. The first-order chi connectivity index (χ1) is 14.2. The molecular weight excluding hydrogens is 367 g/mol. The summed E-state index contributed by atoms with van der Waals surface area (Å²) in [5.41, 5.74) is 2.52. The molecule has 1 N–H and O–H groups in total. The number of benzene rings is 3. The lowest BCUT2D eigenvalue weighted by Gasteiger charge is -2.09. The number of aromatic nitrogens is 1. The summed E-state index contributed by atoms with van der Waals surface area (Å²) in [5.74, 6) is -0.271. The number of carbonyl (C=O) groups excluding carboxylic acids is 1. The molecule has 4 aromatic rings. The van der Waals surface area contributed by atoms with Crippen molar-refractivity contribution in [2.75, 3.05) is 0 Å². The van der Waals surface area contributed by atoms with Crippen molar-refractivity contribution in [3.05, 3.63) is 108 Å². The van der Waals surface area contributed by atoms with Crippen LogP contribution in [-0.2, 0) is 13.2 Å². The summed E-state index contributed by atoms with van der Waals surface area (Å²) in [6, 6.07) is 23.7. The minimum Gasteiger partial charge on any atom is -0.489 e. The van der Waals surface area contributed by atoms with Gasteiger partial charge in [0, 0.05) is 18.1 Å². The van der Waals surface area contributed by atoms with Crippen molar-refractivity contribution in [1.82, 2.24) is 10.3 Å². The second-order valence-electron chi connectivity index (χ2n) is 6.60. The van der Waals surface area contributed by atoms with Gasteiger partial charge in [0.2, 0.25) is 0 Å². The van der Waals surface area contributed by atoms with Crippen LogP contribution in [0.5, 0.6) is 5.75 Å². The van der Waals surface area contributed by atoms with Gasteiger partial charge in [-0.05, 0) is 47.5 Å². The Labute approximate surface area is 168 Å². The fourth-order valence-corrected chi connectivity index (χ4v) is 3.01. The van der Waals surface area contributed by atoms with E-state index in [1.807, 2.05) is 54.6 Å². The molecule has 1 aromatic heterocycles. The number of hydrogen-bond acceptors (Lipinski definition) is 3. The summed E-state index contributed by atoms with van der Waals surface area (Å²) in [6.07, 6.45) is 1.59. The normalized spacial score (nSPS) is 10.7. The zero-order valence-electron chi connectivity index (χ0n) is 15.6. The Bertz CT molecular complexity index is 1130. The van der Waals surface area contributed by atoms with Crippen molar-refractivity contribution in [1.29, 1.82) is 0 Å². The first kappa shape index (κ1) is 18.6. The maximum absolute atomic E-state index is 14.6. The number of amides is 1. The van der Waals surface area contributed by atoms with Crippen LogP contribution in [0.3, 0.4) is 0 Å². The van der Waals surface area contributed by atoms with Crippen LogP contribution < -0.4 is 10.1 Å². The monoisotopic (exact) mass is 386 g/mol. The molecule has 1 heterocycles. The zero-order chi connectivity index (χ0) is 20.1. The highest BCUT2D eigenvalue weighted by atomic mass is 19.1. The Morgan fingerprint density at radius 3 is 2.48 bits per heavy atom. The standard InChI is InChI=1S/C24H19FN2O2/c25-23-20-7-4-14-26-22(20)13-12-21(23)24(28)27-15-17-8-10-19(11-9-17)29-16-18-5-2-1-3-6-18/h1-14H,15-16H2,(H,27,28). The van der Waals surface area contributed by atoms with E-state index in [1.54, 1.807) is 24.4 Å². The van der Waals surface area contributed by atoms with E-state index in [2.05, 4.69) is 10.3 Å². The van der Waals surface area contributed by atoms with Gasteiger partial charge >= 0.3 is 0 Å². The SMILES string of the molecule is O=C(NCc1ccc(OCc2ccccc2)cc1)c1ccc2ncccc2c1F. The summed E-state index contributed by atoms with van der Waals surface area (Å²) in [7, 11) is 0. The molecule has 4 nitrogen and oxygen atoms in total. The molecule has 0 unspecified atom stereocenters. The van der Waals surface area contributed by atoms with Crippen LogP contribution in [0.15, 0.2) is 85.1 Å². The highest BCUT2D eigenvalue weighted by molar-refractivity contribution is 5.98. The Morgan fingerprint density at radius 1 is 0.897 bits per heavy atom. The van der Waals surface area contributed by atoms with E-state index in [9.17, 15) is 9.18 Å². The predicted octanol–water partition coefficient (Wildman–Crippen LogP) is 4.88. The van der Waals surface area contributed by atoms with E-state index in [-0.39, 0.29) is 5.56 Å². The van der Waals surface area contributed by atoms with E-state index in [0.29, 0.717) is 24.1 Å². The minimum atomic E-state index is -0.558. The zero-order valence-corrected chi connectivity index (χ0v) is 15.6. The van der Waals surface area contributed by atoms with Gasteiger partial charge in [0.1, 0.15) is 18.2 Å². The molecule has 1 amide bonds. The van der Waals surface area contributed by atoms with Gasteiger partial charge in [-0.15, -0.1) is 0 Å². The molecule has 0 saturated carbocycles. The molecule has 29 heavy (non-hydrogen) atoms. The largest absolute Gasteiger partial charge is 0.489 e. The molecule has 0 bridgehead atoms. The van der Waals surface area contributed by atoms with Crippen molar-refractivity contribution in [3.8, 4) is 5.75 Å². The third-order valence-corrected chi connectivity index (χ3v) is 4.59. The maximum atomic E-state index is 14.6. The maximum Gasteiger partial charge on any atom is 0.254 e. The first-order valence-electron chi connectivity index (χ1n) is 9.28. The molecule has 0 aliphatic carbocycles. The molecule has 3 aromatic carbocycles. The number of ether oxygens (including phenoxy) is 1. The van der Waals surface area contributed by atoms with Gasteiger partial charge in [-0.3, -0.25) is 9.78 Å². The van der Waals surface area contributed by atoms with Gasteiger partial charge < -0.3 is 10.1 Å². The lowest BCUT2D eigenvalue weighted by molar-refractivity contribution is 0.0947. The molecule has 0 radical (unpaired) electrons. The summed E-state index contributed by atoms with van der Waals surface area (Å²) in [6.45, 7) is 0.787. The van der Waals surface area contributed by atoms with Crippen molar-refractivity contribution in [2.24, 2.45) is 0 Å². The number of carbonyl (C=O) groups is 1. The fourth-order valence-electron chi connectivity index (χ4n) is 3.01. The molecule has 144 valence electrons. The van der Waals surface area contributed by atoms with E-state index < -0.39 is 11.7 Å². The molecule has 0 spiro atoms. The lowest BCUT2D eigenvalue weighted by atomic mass is 10.1. The van der Waals surface area contributed by atoms with Crippen molar-refractivity contribution < 1.29 is 13.9 Å². The molecule has 0 saturated heterocycles. The Hall–Kier alpha value is -3.73. The van der Waals surface area contributed by atoms with E-state index >= 15 is 0 Å². The second-order valence-corrected chi connectivity index (χ2v) is 6.60. The van der Waals surface area contributed by atoms with Gasteiger partial charge in [0.15, 0.2) is 0 Å².